The second-order valence-corrected chi connectivity index (χ2v) is 5.74. The number of anilines is 1. The third-order valence-corrected chi connectivity index (χ3v) is 4.01. The molecular weight excluding hydrogens is 310 g/mol. The summed E-state index contributed by atoms with van der Waals surface area (Å²) < 4.78 is 1.16. The Hall–Kier alpha value is -0.210. The van der Waals surface area contributed by atoms with Gasteiger partial charge in [0, 0.05) is 23.4 Å². The van der Waals surface area contributed by atoms with Gasteiger partial charge in [0.1, 0.15) is 0 Å². The molecule has 102 valence electrons. The number of benzene rings is 1. The van der Waals surface area contributed by atoms with Gasteiger partial charge in [0.15, 0.2) is 0 Å². The molecule has 1 aromatic carbocycles. The van der Waals surface area contributed by atoms with E-state index in [4.69, 9.17) is 11.6 Å². The average Bonchev–Trinajstić information content (AvgIpc) is 2.39. The standard InChI is InChI=1S/C15H23BrClN/c1-3-5-9-18(10-6-4-2)15-8-7-13(12-17)11-14(15)16/h7-8,11H,3-6,9-10,12H2,1-2H3. The first-order valence-electron chi connectivity index (χ1n) is 6.82. The predicted molar refractivity (Wildman–Crippen MR) is 85.7 cm³/mol. The van der Waals surface area contributed by atoms with Crippen molar-refractivity contribution in [3.8, 4) is 0 Å². The number of rotatable bonds is 8. The van der Waals surface area contributed by atoms with Gasteiger partial charge in [-0.15, -0.1) is 11.6 Å². The van der Waals surface area contributed by atoms with E-state index in [9.17, 15) is 0 Å². The average molecular weight is 333 g/mol. The molecule has 1 rings (SSSR count). The summed E-state index contributed by atoms with van der Waals surface area (Å²) in [5.41, 5.74) is 2.46. The highest BCUT2D eigenvalue weighted by Crippen LogP contribution is 2.28. The van der Waals surface area contributed by atoms with Crippen LogP contribution in [0.3, 0.4) is 0 Å². The summed E-state index contributed by atoms with van der Waals surface area (Å²) in [4.78, 5) is 2.48. The first-order valence-corrected chi connectivity index (χ1v) is 8.15. The molecule has 0 bridgehead atoms. The molecule has 18 heavy (non-hydrogen) atoms. The largest absolute Gasteiger partial charge is 0.371 e. The molecule has 1 aromatic rings. The molecule has 0 saturated heterocycles. The first-order chi connectivity index (χ1) is 8.72. The van der Waals surface area contributed by atoms with Gasteiger partial charge in [0.2, 0.25) is 0 Å². The van der Waals surface area contributed by atoms with E-state index in [1.807, 2.05) is 0 Å². The zero-order chi connectivity index (χ0) is 13.4. The normalized spacial score (nSPS) is 10.7. The van der Waals surface area contributed by atoms with E-state index in [-0.39, 0.29) is 0 Å². The van der Waals surface area contributed by atoms with Gasteiger partial charge in [-0.2, -0.15) is 0 Å². The molecule has 0 heterocycles. The Morgan fingerprint density at radius 1 is 1.11 bits per heavy atom. The lowest BCUT2D eigenvalue weighted by atomic mass is 10.2. The van der Waals surface area contributed by atoms with Crippen LogP contribution in [0.1, 0.15) is 45.1 Å². The smallest absolute Gasteiger partial charge is 0.0510 e. The minimum atomic E-state index is 0.572. The molecular formula is C15H23BrClN. The second-order valence-electron chi connectivity index (χ2n) is 4.61. The highest BCUT2D eigenvalue weighted by Gasteiger charge is 2.09. The summed E-state index contributed by atoms with van der Waals surface area (Å²) in [6, 6.07) is 6.44. The van der Waals surface area contributed by atoms with Crippen LogP contribution >= 0.6 is 27.5 Å². The summed E-state index contributed by atoms with van der Waals surface area (Å²) in [6.07, 6.45) is 4.96. The van der Waals surface area contributed by atoms with E-state index < -0.39 is 0 Å². The maximum atomic E-state index is 5.86. The fraction of sp³-hybridized carbons (Fsp3) is 0.600. The van der Waals surface area contributed by atoms with Gasteiger partial charge in [0.05, 0.1) is 5.69 Å². The van der Waals surface area contributed by atoms with Crippen LogP contribution in [-0.4, -0.2) is 13.1 Å². The topological polar surface area (TPSA) is 3.24 Å². The Morgan fingerprint density at radius 3 is 2.17 bits per heavy atom. The Morgan fingerprint density at radius 2 is 1.72 bits per heavy atom. The zero-order valence-electron chi connectivity index (χ0n) is 11.4. The third kappa shape index (κ3) is 4.81. The minimum Gasteiger partial charge on any atom is -0.371 e. The molecule has 0 N–H and O–H groups in total. The molecule has 0 spiro atoms. The van der Waals surface area contributed by atoms with Crippen molar-refractivity contribution in [3.63, 3.8) is 0 Å². The SMILES string of the molecule is CCCCN(CCCC)c1ccc(CCl)cc1Br. The number of unbranched alkanes of at least 4 members (excludes halogenated alkanes) is 2. The number of nitrogens with zero attached hydrogens (tertiary/aromatic N) is 1. The lowest BCUT2D eigenvalue weighted by molar-refractivity contribution is 0.677. The molecule has 0 fully saturated rings. The van der Waals surface area contributed by atoms with Gasteiger partial charge in [0.25, 0.3) is 0 Å². The van der Waals surface area contributed by atoms with Gasteiger partial charge in [-0.25, -0.2) is 0 Å². The summed E-state index contributed by atoms with van der Waals surface area (Å²) in [6.45, 7) is 6.75. The van der Waals surface area contributed by atoms with Gasteiger partial charge in [-0.3, -0.25) is 0 Å². The molecule has 1 nitrogen and oxygen atoms in total. The molecule has 0 aromatic heterocycles. The van der Waals surface area contributed by atoms with Crippen LogP contribution in [0.25, 0.3) is 0 Å². The molecule has 0 aliphatic heterocycles. The van der Waals surface area contributed by atoms with Crippen LogP contribution in [0, 0.1) is 0 Å². The summed E-state index contributed by atoms with van der Waals surface area (Å²) in [5, 5.41) is 0. The van der Waals surface area contributed by atoms with Crippen LogP contribution in [0.4, 0.5) is 5.69 Å². The fourth-order valence-electron chi connectivity index (χ4n) is 1.94. The number of alkyl halides is 1. The van der Waals surface area contributed by atoms with Crippen molar-refractivity contribution in [1.29, 1.82) is 0 Å². The molecule has 0 aliphatic rings. The summed E-state index contributed by atoms with van der Waals surface area (Å²) in [7, 11) is 0. The van der Waals surface area contributed by atoms with Gasteiger partial charge in [-0.05, 0) is 46.5 Å². The van der Waals surface area contributed by atoms with E-state index in [0.717, 1.165) is 17.6 Å². The molecule has 0 amide bonds. The van der Waals surface area contributed by atoms with Crippen molar-refractivity contribution in [1.82, 2.24) is 0 Å². The highest BCUT2D eigenvalue weighted by molar-refractivity contribution is 9.10. The summed E-state index contributed by atoms with van der Waals surface area (Å²) in [5.74, 6) is 0.572. The van der Waals surface area contributed by atoms with Crippen molar-refractivity contribution < 1.29 is 0 Å². The first kappa shape index (κ1) is 15.8. The minimum absolute atomic E-state index is 0.572. The van der Waals surface area contributed by atoms with Gasteiger partial charge in [-0.1, -0.05) is 32.8 Å². The maximum Gasteiger partial charge on any atom is 0.0510 e. The monoisotopic (exact) mass is 331 g/mol. The molecule has 3 heteroatoms. The van der Waals surface area contributed by atoms with Crippen molar-refractivity contribution in [3.05, 3.63) is 28.2 Å². The van der Waals surface area contributed by atoms with Crippen molar-refractivity contribution in [2.24, 2.45) is 0 Å². The number of halogens is 2. The van der Waals surface area contributed by atoms with Crippen molar-refractivity contribution in [2.75, 3.05) is 18.0 Å². The lowest BCUT2D eigenvalue weighted by Crippen LogP contribution is -2.25. The van der Waals surface area contributed by atoms with E-state index in [0.29, 0.717) is 5.88 Å². The second kappa shape index (κ2) is 8.82. The highest BCUT2D eigenvalue weighted by atomic mass is 79.9. The van der Waals surface area contributed by atoms with E-state index >= 15 is 0 Å². The van der Waals surface area contributed by atoms with E-state index in [1.54, 1.807) is 0 Å². The Labute approximate surface area is 125 Å². The summed E-state index contributed by atoms with van der Waals surface area (Å²) >= 11 is 9.54. The number of hydrogen-bond acceptors (Lipinski definition) is 1. The van der Waals surface area contributed by atoms with E-state index in [2.05, 4.69) is 52.9 Å². The van der Waals surface area contributed by atoms with Crippen LogP contribution in [0.15, 0.2) is 22.7 Å². The van der Waals surface area contributed by atoms with Crippen molar-refractivity contribution >= 4 is 33.2 Å². The van der Waals surface area contributed by atoms with Crippen molar-refractivity contribution in [2.45, 2.75) is 45.4 Å². The van der Waals surface area contributed by atoms with Gasteiger partial charge < -0.3 is 4.90 Å². The molecule has 0 unspecified atom stereocenters. The van der Waals surface area contributed by atoms with E-state index in [1.165, 1.54) is 36.9 Å². The quantitative estimate of drug-likeness (QED) is 0.560. The molecule has 0 atom stereocenters. The molecule has 0 radical (unpaired) electrons. The predicted octanol–water partition coefficient (Wildman–Crippen LogP) is 5.59. The zero-order valence-corrected chi connectivity index (χ0v) is 13.7. The Kier molecular flexibility index (Phi) is 7.76. The van der Waals surface area contributed by atoms with Crippen LogP contribution < -0.4 is 4.90 Å². The third-order valence-electron chi connectivity index (χ3n) is 3.07. The molecule has 0 saturated carbocycles. The fourth-order valence-corrected chi connectivity index (χ4v) is 2.78. The Balaban J connectivity index is 2.82. The van der Waals surface area contributed by atoms with Gasteiger partial charge >= 0.3 is 0 Å². The maximum absolute atomic E-state index is 5.86. The van der Waals surface area contributed by atoms with Crippen LogP contribution in [0.2, 0.25) is 0 Å². The lowest BCUT2D eigenvalue weighted by Gasteiger charge is -2.26. The molecule has 0 aliphatic carbocycles. The number of hydrogen-bond donors (Lipinski definition) is 0. The van der Waals surface area contributed by atoms with Crippen LogP contribution in [-0.2, 0) is 5.88 Å². The van der Waals surface area contributed by atoms with Crippen LogP contribution in [0.5, 0.6) is 0 Å². The Bertz CT molecular complexity index is 346.